The number of allylic oxidation sites excluding steroid dienone is 2. The molecule has 0 aliphatic heterocycles. The zero-order valence-corrected chi connectivity index (χ0v) is 10.4. The number of carbonyl (C=O) groups excluding carboxylic acids is 1. The van der Waals surface area contributed by atoms with Gasteiger partial charge in [0, 0.05) is 17.7 Å². The maximum atomic E-state index is 12.7. The number of hydrogen-bond donors (Lipinski definition) is 1. The quantitative estimate of drug-likeness (QED) is 0.505. The van der Waals surface area contributed by atoms with E-state index in [1.165, 1.54) is 30.7 Å². The number of halogens is 1. The summed E-state index contributed by atoms with van der Waals surface area (Å²) in [6.45, 7) is 0. The predicted octanol–water partition coefficient (Wildman–Crippen LogP) is 2.75. The van der Waals surface area contributed by atoms with Crippen LogP contribution < -0.4 is 5.43 Å². The first-order valence-electron chi connectivity index (χ1n) is 6.50. The van der Waals surface area contributed by atoms with Gasteiger partial charge in [0.05, 0.1) is 0 Å². The molecule has 98 valence electrons. The van der Waals surface area contributed by atoms with Crippen molar-refractivity contribution in [2.75, 3.05) is 0 Å². The van der Waals surface area contributed by atoms with Crippen molar-refractivity contribution in [2.24, 2.45) is 22.9 Å². The maximum absolute atomic E-state index is 12.7. The molecule has 3 rings (SSSR count). The Morgan fingerprint density at radius 1 is 1.26 bits per heavy atom. The molecule has 0 saturated heterocycles. The maximum Gasteiger partial charge on any atom is 0.271 e. The summed E-state index contributed by atoms with van der Waals surface area (Å²) in [5.74, 6) is 1.04. The number of hydrogen-bond acceptors (Lipinski definition) is 2. The lowest BCUT2D eigenvalue weighted by Gasteiger charge is -2.11. The molecule has 2 bridgehead atoms. The van der Waals surface area contributed by atoms with E-state index >= 15 is 0 Å². The van der Waals surface area contributed by atoms with E-state index in [9.17, 15) is 9.18 Å². The standard InChI is InChI=1S/C15H15FN2O/c16-14-5-3-11(4-6-14)15(19)18-17-9-13-8-10-1-2-12(13)7-10/h1-6,9-10,12-13H,7-8H2,(H,18,19)/b17-9+. The van der Waals surface area contributed by atoms with Gasteiger partial charge in [0.1, 0.15) is 5.82 Å². The molecule has 1 saturated carbocycles. The van der Waals surface area contributed by atoms with Gasteiger partial charge in [0.15, 0.2) is 0 Å². The van der Waals surface area contributed by atoms with E-state index in [4.69, 9.17) is 0 Å². The predicted molar refractivity (Wildman–Crippen MR) is 71.2 cm³/mol. The van der Waals surface area contributed by atoms with Crippen LogP contribution in [0.4, 0.5) is 4.39 Å². The monoisotopic (exact) mass is 258 g/mol. The minimum Gasteiger partial charge on any atom is -0.267 e. The van der Waals surface area contributed by atoms with E-state index in [0.717, 1.165) is 6.42 Å². The average Bonchev–Trinajstić information content (AvgIpc) is 3.02. The molecule has 0 aromatic heterocycles. The molecule has 1 aromatic carbocycles. The first kappa shape index (κ1) is 12.1. The van der Waals surface area contributed by atoms with Crippen molar-refractivity contribution < 1.29 is 9.18 Å². The molecular weight excluding hydrogens is 243 g/mol. The minimum absolute atomic E-state index is 0.310. The van der Waals surface area contributed by atoms with Crippen LogP contribution >= 0.6 is 0 Å². The van der Waals surface area contributed by atoms with Crippen LogP contribution in [0.5, 0.6) is 0 Å². The van der Waals surface area contributed by atoms with E-state index in [2.05, 4.69) is 22.7 Å². The van der Waals surface area contributed by atoms with Crippen molar-refractivity contribution in [3.63, 3.8) is 0 Å². The van der Waals surface area contributed by atoms with Gasteiger partial charge < -0.3 is 0 Å². The Hall–Kier alpha value is -1.97. The number of nitrogens with zero attached hydrogens (tertiary/aromatic N) is 1. The van der Waals surface area contributed by atoms with Gasteiger partial charge in [0.2, 0.25) is 0 Å². The van der Waals surface area contributed by atoms with E-state index in [1.54, 1.807) is 0 Å². The highest BCUT2D eigenvalue weighted by molar-refractivity contribution is 5.94. The summed E-state index contributed by atoms with van der Waals surface area (Å²) in [4.78, 5) is 11.7. The minimum atomic E-state index is -0.353. The topological polar surface area (TPSA) is 41.5 Å². The molecule has 2 aliphatic carbocycles. The fraction of sp³-hybridized carbons (Fsp3) is 0.333. The van der Waals surface area contributed by atoms with Crippen LogP contribution in [0.2, 0.25) is 0 Å². The number of rotatable bonds is 3. The van der Waals surface area contributed by atoms with Gasteiger partial charge >= 0.3 is 0 Å². The van der Waals surface area contributed by atoms with Gasteiger partial charge in [-0.05, 0) is 48.9 Å². The summed E-state index contributed by atoms with van der Waals surface area (Å²) in [5.41, 5.74) is 2.90. The summed E-state index contributed by atoms with van der Waals surface area (Å²) in [6, 6.07) is 5.42. The number of fused-ring (bicyclic) bond motifs is 2. The largest absolute Gasteiger partial charge is 0.271 e. The lowest BCUT2D eigenvalue weighted by atomic mass is 9.95. The number of hydrazone groups is 1. The molecule has 1 N–H and O–H groups in total. The van der Waals surface area contributed by atoms with Crippen LogP contribution in [-0.4, -0.2) is 12.1 Å². The van der Waals surface area contributed by atoms with Crippen LogP contribution in [0, 0.1) is 23.6 Å². The molecular formula is C15H15FN2O. The van der Waals surface area contributed by atoms with E-state index in [-0.39, 0.29) is 11.7 Å². The Kier molecular flexibility index (Phi) is 3.15. The second-order valence-corrected chi connectivity index (χ2v) is 5.17. The molecule has 0 radical (unpaired) electrons. The van der Waals surface area contributed by atoms with Crippen LogP contribution in [0.1, 0.15) is 23.2 Å². The Labute approximate surface area is 111 Å². The molecule has 2 aliphatic rings. The molecule has 0 heterocycles. The first-order chi connectivity index (χ1) is 9.22. The SMILES string of the molecule is O=C(N/N=C/C1CC2C=CC1C2)c1ccc(F)cc1. The summed E-state index contributed by atoms with van der Waals surface area (Å²) in [7, 11) is 0. The summed E-state index contributed by atoms with van der Waals surface area (Å²) < 4.78 is 12.7. The van der Waals surface area contributed by atoms with Crippen LogP contribution in [0.3, 0.4) is 0 Å². The Morgan fingerprint density at radius 3 is 2.68 bits per heavy atom. The Morgan fingerprint density at radius 2 is 2.05 bits per heavy atom. The van der Waals surface area contributed by atoms with Crippen molar-refractivity contribution >= 4 is 12.1 Å². The normalized spacial score (nSPS) is 28.2. The highest BCUT2D eigenvalue weighted by Crippen LogP contribution is 2.42. The summed E-state index contributed by atoms with van der Waals surface area (Å²) >= 11 is 0. The summed E-state index contributed by atoms with van der Waals surface area (Å²) in [6.07, 6.45) is 8.67. The number of amides is 1. The van der Waals surface area contributed by atoms with Gasteiger partial charge in [-0.25, -0.2) is 9.82 Å². The van der Waals surface area contributed by atoms with Gasteiger partial charge in [-0.1, -0.05) is 12.2 Å². The fourth-order valence-corrected chi connectivity index (χ4v) is 2.85. The summed E-state index contributed by atoms with van der Waals surface area (Å²) in [5, 5.41) is 4.02. The molecule has 19 heavy (non-hydrogen) atoms. The van der Waals surface area contributed by atoms with Crippen molar-refractivity contribution in [3.05, 3.63) is 47.8 Å². The molecule has 1 aromatic rings. The fourth-order valence-electron chi connectivity index (χ4n) is 2.85. The van der Waals surface area contributed by atoms with Crippen molar-refractivity contribution in [1.82, 2.24) is 5.43 Å². The van der Waals surface area contributed by atoms with Crippen molar-refractivity contribution in [2.45, 2.75) is 12.8 Å². The smallest absolute Gasteiger partial charge is 0.267 e. The third kappa shape index (κ3) is 2.57. The lowest BCUT2D eigenvalue weighted by molar-refractivity contribution is 0.0955. The van der Waals surface area contributed by atoms with E-state index in [1.807, 2.05) is 6.21 Å². The number of carbonyl (C=O) groups is 1. The van der Waals surface area contributed by atoms with Crippen molar-refractivity contribution in [1.29, 1.82) is 0 Å². The van der Waals surface area contributed by atoms with E-state index in [0.29, 0.717) is 23.3 Å². The Bertz CT molecular complexity index is 536. The van der Waals surface area contributed by atoms with E-state index < -0.39 is 0 Å². The number of benzene rings is 1. The van der Waals surface area contributed by atoms with Gasteiger partial charge in [-0.15, -0.1) is 0 Å². The van der Waals surface area contributed by atoms with Gasteiger partial charge in [-0.3, -0.25) is 4.79 Å². The molecule has 1 fully saturated rings. The highest BCUT2D eigenvalue weighted by Gasteiger charge is 2.34. The third-order valence-electron chi connectivity index (χ3n) is 3.87. The third-order valence-corrected chi connectivity index (χ3v) is 3.87. The molecule has 3 unspecified atom stereocenters. The second kappa shape index (κ2) is 4.96. The molecule has 0 spiro atoms. The zero-order chi connectivity index (χ0) is 13.2. The van der Waals surface area contributed by atoms with Gasteiger partial charge in [0.25, 0.3) is 5.91 Å². The van der Waals surface area contributed by atoms with Crippen LogP contribution in [0.15, 0.2) is 41.5 Å². The molecule has 4 heteroatoms. The van der Waals surface area contributed by atoms with Crippen LogP contribution in [0.25, 0.3) is 0 Å². The molecule has 1 amide bonds. The van der Waals surface area contributed by atoms with Gasteiger partial charge in [-0.2, -0.15) is 5.10 Å². The molecule has 3 atom stereocenters. The highest BCUT2D eigenvalue weighted by atomic mass is 19.1. The number of nitrogens with one attached hydrogen (secondary N) is 1. The second-order valence-electron chi connectivity index (χ2n) is 5.17. The Balaban J connectivity index is 1.56. The van der Waals surface area contributed by atoms with Crippen LogP contribution in [-0.2, 0) is 0 Å². The lowest BCUT2D eigenvalue weighted by Crippen LogP contribution is -2.19. The molecule has 3 nitrogen and oxygen atoms in total. The van der Waals surface area contributed by atoms with Crippen molar-refractivity contribution in [3.8, 4) is 0 Å². The zero-order valence-electron chi connectivity index (χ0n) is 10.4. The first-order valence-corrected chi connectivity index (χ1v) is 6.50. The average molecular weight is 258 g/mol.